The van der Waals surface area contributed by atoms with E-state index >= 15 is 0 Å². The lowest BCUT2D eigenvalue weighted by Crippen LogP contribution is -2.42. The minimum absolute atomic E-state index is 0.102. The van der Waals surface area contributed by atoms with E-state index in [0.29, 0.717) is 29.5 Å². The number of esters is 1. The molecular formula is C26H31ClN4O2S. The highest BCUT2D eigenvalue weighted by molar-refractivity contribution is 7.80. The van der Waals surface area contributed by atoms with Crippen LogP contribution in [0.3, 0.4) is 0 Å². The number of nitrogens with zero attached hydrogens (tertiary/aromatic N) is 3. The fourth-order valence-corrected chi connectivity index (χ4v) is 5.50. The summed E-state index contributed by atoms with van der Waals surface area (Å²) >= 11 is 12.7. The molecule has 2 aliphatic heterocycles. The minimum atomic E-state index is -0.228. The number of fused-ring (bicyclic) bond motifs is 1. The van der Waals surface area contributed by atoms with Gasteiger partial charge in [0.1, 0.15) is 0 Å². The molecule has 0 amide bonds. The topological polar surface area (TPSA) is 57.7 Å². The van der Waals surface area contributed by atoms with Gasteiger partial charge >= 0.3 is 5.97 Å². The standard InChI is InChI=1S/C26H31ClN4O2S/c1-16-15-26(2,3)30(4)21-14-19(27)18(13-17(16)21)24-23(20-9-6-7-11-28-20)29-25(34)31(24)12-8-10-22(32)33-5/h6-7,9,11,13-15,23-24H,8,10,12H2,1-5H3,(H,29,34)/t23-,24+/m0/s1. The van der Waals surface area contributed by atoms with Crippen LogP contribution in [-0.2, 0) is 9.53 Å². The third-order valence-corrected chi connectivity index (χ3v) is 7.54. The molecule has 3 heterocycles. The summed E-state index contributed by atoms with van der Waals surface area (Å²) in [6.07, 6.45) is 5.03. The highest BCUT2D eigenvalue weighted by atomic mass is 35.5. The quantitative estimate of drug-likeness (QED) is 0.428. The Morgan fingerprint density at radius 2 is 2.09 bits per heavy atom. The fraction of sp³-hybridized carbons (Fsp3) is 0.423. The van der Waals surface area contributed by atoms with Crippen LogP contribution in [0.25, 0.3) is 5.57 Å². The van der Waals surface area contributed by atoms with Crippen LogP contribution in [0.2, 0.25) is 5.02 Å². The minimum Gasteiger partial charge on any atom is -0.469 e. The van der Waals surface area contributed by atoms with Gasteiger partial charge in [0.15, 0.2) is 5.11 Å². The number of nitrogens with one attached hydrogen (secondary N) is 1. The van der Waals surface area contributed by atoms with Crippen LogP contribution in [0, 0.1) is 0 Å². The maximum atomic E-state index is 11.7. The van der Waals surface area contributed by atoms with Crippen molar-refractivity contribution in [2.75, 3.05) is 25.6 Å². The van der Waals surface area contributed by atoms with Gasteiger partial charge in [0.25, 0.3) is 0 Å². The molecule has 4 rings (SSSR count). The SMILES string of the molecule is COC(=O)CCCN1C(=S)N[C@@H](c2ccccn2)[C@H]1c1cc2c(cc1Cl)N(C)C(C)(C)C=C2C. The molecule has 2 aromatic rings. The molecule has 1 N–H and O–H groups in total. The lowest BCUT2D eigenvalue weighted by molar-refractivity contribution is -0.140. The number of hydrogen-bond donors (Lipinski definition) is 1. The first-order valence-electron chi connectivity index (χ1n) is 11.5. The zero-order valence-electron chi connectivity index (χ0n) is 20.3. The summed E-state index contributed by atoms with van der Waals surface area (Å²) in [5.74, 6) is -0.228. The lowest BCUT2D eigenvalue weighted by atomic mass is 9.86. The number of allylic oxidation sites excluding steroid dienone is 1. The molecule has 1 aromatic carbocycles. The van der Waals surface area contributed by atoms with Gasteiger partial charge < -0.3 is 19.9 Å². The number of hydrogen-bond acceptors (Lipinski definition) is 5. The normalized spacial score (nSPS) is 21.1. The number of aromatic nitrogens is 1. The smallest absolute Gasteiger partial charge is 0.305 e. The predicted octanol–water partition coefficient (Wildman–Crippen LogP) is 5.29. The third kappa shape index (κ3) is 4.51. The molecule has 1 fully saturated rings. The van der Waals surface area contributed by atoms with E-state index in [1.165, 1.54) is 12.7 Å². The Bertz CT molecular complexity index is 1140. The van der Waals surface area contributed by atoms with Gasteiger partial charge in [-0.05, 0) is 74.8 Å². The Morgan fingerprint density at radius 1 is 1.32 bits per heavy atom. The van der Waals surface area contributed by atoms with Crippen LogP contribution in [0.15, 0.2) is 42.6 Å². The van der Waals surface area contributed by atoms with Gasteiger partial charge in [-0.1, -0.05) is 23.7 Å². The molecule has 2 atom stereocenters. The number of anilines is 1. The average molecular weight is 499 g/mol. The maximum absolute atomic E-state index is 11.7. The molecule has 6 nitrogen and oxygen atoms in total. The zero-order chi connectivity index (χ0) is 24.6. The molecule has 0 saturated carbocycles. The van der Waals surface area contributed by atoms with Crippen molar-refractivity contribution in [2.45, 2.75) is 51.2 Å². The van der Waals surface area contributed by atoms with E-state index in [1.54, 1.807) is 6.20 Å². The Labute approximate surface area is 211 Å². The Hall–Kier alpha value is -2.64. The maximum Gasteiger partial charge on any atom is 0.305 e. The lowest BCUT2D eigenvalue weighted by Gasteiger charge is -2.41. The van der Waals surface area contributed by atoms with Gasteiger partial charge in [0, 0.05) is 42.5 Å². The molecule has 8 heteroatoms. The van der Waals surface area contributed by atoms with Crippen LogP contribution >= 0.6 is 23.8 Å². The van der Waals surface area contributed by atoms with E-state index in [2.05, 4.69) is 66.1 Å². The van der Waals surface area contributed by atoms with Crippen LogP contribution in [0.4, 0.5) is 5.69 Å². The van der Waals surface area contributed by atoms with Gasteiger partial charge in [-0.25, -0.2) is 0 Å². The second kappa shape index (κ2) is 9.55. The third-order valence-electron chi connectivity index (χ3n) is 6.86. The summed E-state index contributed by atoms with van der Waals surface area (Å²) < 4.78 is 4.82. The summed E-state index contributed by atoms with van der Waals surface area (Å²) in [4.78, 5) is 20.7. The fourth-order valence-electron chi connectivity index (χ4n) is 4.90. The molecule has 0 spiro atoms. The summed E-state index contributed by atoms with van der Waals surface area (Å²) in [5.41, 5.74) is 5.27. The first kappa shape index (κ1) is 24.5. The van der Waals surface area contributed by atoms with Crippen LogP contribution < -0.4 is 10.2 Å². The number of pyridine rings is 1. The van der Waals surface area contributed by atoms with Crippen molar-refractivity contribution in [1.29, 1.82) is 0 Å². The van der Waals surface area contributed by atoms with Crippen LogP contribution in [-0.4, -0.2) is 47.2 Å². The molecule has 1 aromatic heterocycles. The number of ether oxygens (including phenoxy) is 1. The number of likely N-dealkylation sites (N-methyl/N-ethyl adjacent to an activating group) is 1. The Morgan fingerprint density at radius 3 is 2.76 bits per heavy atom. The highest BCUT2D eigenvalue weighted by Crippen LogP contribution is 2.46. The summed E-state index contributed by atoms with van der Waals surface area (Å²) in [6.45, 7) is 7.14. The number of carbonyl (C=O) groups is 1. The number of halogens is 1. The number of carbonyl (C=O) groups excluding carboxylic acids is 1. The zero-order valence-corrected chi connectivity index (χ0v) is 21.8. The van der Waals surface area contributed by atoms with E-state index in [9.17, 15) is 4.79 Å². The van der Waals surface area contributed by atoms with E-state index < -0.39 is 0 Å². The average Bonchev–Trinajstić information content (AvgIpc) is 3.13. The Kier molecular flexibility index (Phi) is 6.87. The van der Waals surface area contributed by atoms with Crippen molar-refractivity contribution in [3.63, 3.8) is 0 Å². The van der Waals surface area contributed by atoms with E-state index in [1.807, 2.05) is 18.2 Å². The van der Waals surface area contributed by atoms with Gasteiger partial charge in [-0.15, -0.1) is 0 Å². The summed E-state index contributed by atoms with van der Waals surface area (Å²) in [7, 11) is 3.51. The van der Waals surface area contributed by atoms with E-state index in [-0.39, 0.29) is 23.6 Å². The number of benzene rings is 1. The van der Waals surface area contributed by atoms with Crippen molar-refractivity contribution < 1.29 is 9.53 Å². The van der Waals surface area contributed by atoms with Gasteiger partial charge in [0.05, 0.1) is 30.4 Å². The van der Waals surface area contributed by atoms with Gasteiger partial charge in [-0.2, -0.15) is 0 Å². The molecule has 0 bridgehead atoms. The second-order valence-electron chi connectivity index (χ2n) is 9.43. The first-order chi connectivity index (χ1) is 16.1. The number of methoxy groups -OCH3 is 1. The van der Waals surface area contributed by atoms with E-state index in [4.69, 9.17) is 28.6 Å². The van der Waals surface area contributed by atoms with Crippen LogP contribution in [0.1, 0.15) is 62.5 Å². The molecule has 180 valence electrons. The molecule has 1 saturated heterocycles. The predicted molar refractivity (Wildman–Crippen MR) is 141 cm³/mol. The second-order valence-corrected chi connectivity index (χ2v) is 10.2. The van der Waals surface area contributed by atoms with Crippen molar-refractivity contribution >= 4 is 46.2 Å². The number of thiocarbonyl (C=S) groups is 1. The van der Waals surface area contributed by atoms with Crippen molar-refractivity contribution in [1.82, 2.24) is 15.2 Å². The highest BCUT2D eigenvalue weighted by Gasteiger charge is 2.41. The molecular weight excluding hydrogens is 468 g/mol. The first-order valence-corrected chi connectivity index (χ1v) is 12.2. The molecule has 0 unspecified atom stereocenters. The monoisotopic (exact) mass is 498 g/mol. The molecule has 2 aliphatic rings. The van der Waals surface area contributed by atoms with Crippen molar-refractivity contribution in [3.05, 3.63) is 64.4 Å². The van der Waals surface area contributed by atoms with Crippen molar-refractivity contribution in [3.8, 4) is 0 Å². The number of rotatable bonds is 6. The van der Waals surface area contributed by atoms with Gasteiger partial charge in [-0.3, -0.25) is 9.78 Å². The largest absolute Gasteiger partial charge is 0.469 e. The van der Waals surface area contributed by atoms with E-state index in [0.717, 1.165) is 22.5 Å². The Balaban J connectivity index is 1.78. The molecule has 34 heavy (non-hydrogen) atoms. The summed E-state index contributed by atoms with van der Waals surface area (Å²) in [6, 6.07) is 9.81. The van der Waals surface area contributed by atoms with Gasteiger partial charge in [0.2, 0.25) is 0 Å². The van der Waals surface area contributed by atoms with Crippen LogP contribution in [0.5, 0.6) is 0 Å². The summed E-state index contributed by atoms with van der Waals surface area (Å²) in [5, 5.41) is 4.77. The molecule has 0 radical (unpaired) electrons. The van der Waals surface area contributed by atoms with Crippen molar-refractivity contribution in [2.24, 2.45) is 0 Å². The molecule has 0 aliphatic carbocycles.